The van der Waals surface area contributed by atoms with E-state index in [0.717, 1.165) is 25.1 Å². The fraction of sp³-hybridized carbons (Fsp3) is 0.458. The zero-order chi connectivity index (χ0) is 22.6. The Morgan fingerprint density at radius 3 is 2.31 bits per heavy atom. The van der Waals surface area contributed by atoms with Crippen LogP contribution >= 0.6 is 0 Å². The first-order chi connectivity index (χ1) is 15.4. The molecule has 32 heavy (non-hydrogen) atoms. The maximum atomic E-state index is 12.9. The topological polar surface area (TPSA) is 93.9 Å². The van der Waals surface area contributed by atoms with Gasteiger partial charge >= 0.3 is 0 Å². The van der Waals surface area contributed by atoms with E-state index in [1.165, 1.54) is 0 Å². The monoisotopic (exact) mass is 455 g/mol. The molecule has 2 fully saturated rings. The molecule has 2 saturated heterocycles. The Balaban J connectivity index is 1.27. The maximum absolute atomic E-state index is 12.9. The van der Waals surface area contributed by atoms with Gasteiger partial charge in [-0.3, -0.25) is 4.90 Å². The molecule has 2 aliphatic heterocycles. The molecule has 1 N–H and O–H groups in total. The molecule has 8 heteroatoms. The zero-order valence-electron chi connectivity index (χ0n) is 18.0. The van der Waals surface area contributed by atoms with Crippen LogP contribution in [-0.2, 0) is 15.8 Å². The van der Waals surface area contributed by atoms with Crippen LogP contribution in [0.3, 0.4) is 0 Å². The standard InChI is InChI=1S/C24H29N3O4S/c25-11-19-6-8-24(9-7-19)31-17-23(28)16-26-12-21-10-22(13-26)15-27(14-21)32(29,30)18-20-4-2-1-3-5-20/h1-9,21-23,28H,10,12-18H2. The van der Waals surface area contributed by atoms with Crippen molar-refractivity contribution in [2.24, 2.45) is 11.8 Å². The van der Waals surface area contributed by atoms with Gasteiger partial charge < -0.3 is 9.84 Å². The third kappa shape index (κ3) is 5.87. The van der Waals surface area contributed by atoms with Gasteiger partial charge in [0.2, 0.25) is 10.0 Å². The second-order valence-electron chi connectivity index (χ2n) is 8.85. The van der Waals surface area contributed by atoms with Crippen LogP contribution in [0.1, 0.15) is 17.5 Å². The second-order valence-corrected chi connectivity index (χ2v) is 10.8. The molecule has 0 aliphatic carbocycles. The van der Waals surface area contributed by atoms with Gasteiger partial charge in [0.05, 0.1) is 17.4 Å². The minimum Gasteiger partial charge on any atom is -0.491 e. The summed E-state index contributed by atoms with van der Waals surface area (Å²) in [6, 6.07) is 18.2. The molecule has 2 aliphatic rings. The van der Waals surface area contributed by atoms with E-state index in [9.17, 15) is 13.5 Å². The highest BCUT2D eigenvalue weighted by Gasteiger charge is 2.38. The Kier molecular flexibility index (Phi) is 7.11. The lowest BCUT2D eigenvalue weighted by atomic mass is 9.85. The fourth-order valence-electron chi connectivity index (χ4n) is 4.76. The predicted octanol–water partition coefficient (Wildman–Crippen LogP) is 2.08. The third-order valence-corrected chi connectivity index (χ3v) is 7.89. The molecule has 0 spiro atoms. The van der Waals surface area contributed by atoms with E-state index in [1.807, 2.05) is 30.3 Å². The van der Waals surface area contributed by atoms with E-state index in [1.54, 1.807) is 28.6 Å². The molecule has 7 nitrogen and oxygen atoms in total. The minimum atomic E-state index is -3.34. The number of likely N-dealkylation sites (tertiary alicyclic amines) is 1. The Bertz CT molecular complexity index is 1020. The number of benzene rings is 2. The number of aliphatic hydroxyl groups is 1. The number of β-amino-alcohol motifs (C(OH)–C–C–N with tert-alkyl or cyclic N) is 1. The Morgan fingerprint density at radius 1 is 1.03 bits per heavy atom. The summed E-state index contributed by atoms with van der Waals surface area (Å²) in [5.74, 6) is 1.22. The highest BCUT2D eigenvalue weighted by atomic mass is 32.2. The van der Waals surface area contributed by atoms with Crippen molar-refractivity contribution in [1.29, 1.82) is 5.26 Å². The number of rotatable bonds is 8. The molecule has 3 unspecified atom stereocenters. The molecule has 2 heterocycles. The van der Waals surface area contributed by atoms with Gasteiger partial charge in [-0.2, -0.15) is 5.26 Å². The number of nitriles is 1. The number of aliphatic hydroxyl groups excluding tert-OH is 1. The van der Waals surface area contributed by atoms with Crippen molar-refractivity contribution < 1.29 is 18.3 Å². The van der Waals surface area contributed by atoms with Crippen LogP contribution < -0.4 is 4.74 Å². The Labute approximate surface area is 189 Å². The van der Waals surface area contributed by atoms with Crippen LogP contribution in [0.4, 0.5) is 0 Å². The van der Waals surface area contributed by atoms with Crippen LogP contribution in [0.25, 0.3) is 0 Å². The summed E-state index contributed by atoms with van der Waals surface area (Å²) < 4.78 is 33.2. The SMILES string of the molecule is N#Cc1ccc(OCC(O)CN2CC3CC(C2)CN(S(=O)(=O)Cc2ccccc2)C3)cc1. The number of hydrogen-bond donors (Lipinski definition) is 1. The van der Waals surface area contributed by atoms with Crippen molar-refractivity contribution in [1.82, 2.24) is 9.21 Å². The number of sulfonamides is 1. The molecule has 0 aromatic heterocycles. The average Bonchev–Trinajstić information content (AvgIpc) is 2.78. The summed E-state index contributed by atoms with van der Waals surface area (Å²) in [6.07, 6.45) is 0.397. The fourth-order valence-corrected chi connectivity index (χ4v) is 6.43. The normalized spacial score (nSPS) is 22.8. The van der Waals surface area contributed by atoms with Crippen LogP contribution in [0.15, 0.2) is 54.6 Å². The number of hydrogen-bond acceptors (Lipinski definition) is 6. The van der Waals surface area contributed by atoms with Gasteiger partial charge in [-0.1, -0.05) is 30.3 Å². The summed E-state index contributed by atoms with van der Waals surface area (Å²) in [6.45, 7) is 3.32. The van der Waals surface area contributed by atoms with Gasteiger partial charge in [-0.15, -0.1) is 0 Å². The molecule has 0 radical (unpaired) electrons. The lowest BCUT2D eigenvalue weighted by Crippen LogP contribution is -2.55. The molecule has 0 amide bonds. The molecule has 170 valence electrons. The highest BCUT2D eigenvalue weighted by molar-refractivity contribution is 7.88. The van der Waals surface area contributed by atoms with Gasteiger partial charge in [0.15, 0.2) is 0 Å². The van der Waals surface area contributed by atoms with Crippen molar-refractivity contribution in [3.8, 4) is 11.8 Å². The second kappa shape index (κ2) is 10.0. The van der Waals surface area contributed by atoms with E-state index in [-0.39, 0.29) is 24.2 Å². The third-order valence-electron chi connectivity index (χ3n) is 6.10. The van der Waals surface area contributed by atoms with E-state index in [0.29, 0.717) is 30.9 Å². The Hall–Kier alpha value is -2.44. The van der Waals surface area contributed by atoms with Crippen LogP contribution in [0.5, 0.6) is 5.75 Å². The zero-order valence-corrected chi connectivity index (χ0v) is 18.8. The smallest absolute Gasteiger partial charge is 0.218 e. The molecule has 4 rings (SSSR count). The van der Waals surface area contributed by atoms with Crippen LogP contribution in [-0.4, -0.2) is 68.2 Å². The van der Waals surface area contributed by atoms with Crippen molar-refractivity contribution in [2.45, 2.75) is 18.3 Å². The van der Waals surface area contributed by atoms with Crippen molar-refractivity contribution in [3.05, 3.63) is 65.7 Å². The van der Waals surface area contributed by atoms with Gasteiger partial charge in [0.25, 0.3) is 0 Å². The van der Waals surface area contributed by atoms with Crippen LogP contribution in [0, 0.1) is 23.2 Å². The quantitative estimate of drug-likeness (QED) is 0.655. The molecule has 2 aromatic rings. The molecule has 3 atom stereocenters. The summed E-state index contributed by atoms with van der Waals surface area (Å²) in [4.78, 5) is 2.23. The maximum Gasteiger partial charge on any atom is 0.218 e. The molecule has 0 saturated carbocycles. The van der Waals surface area contributed by atoms with E-state index < -0.39 is 16.1 Å². The van der Waals surface area contributed by atoms with Gasteiger partial charge in [-0.25, -0.2) is 12.7 Å². The van der Waals surface area contributed by atoms with E-state index >= 15 is 0 Å². The first-order valence-electron chi connectivity index (χ1n) is 11.0. The molecule has 2 aromatic carbocycles. The van der Waals surface area contributed by atoms with Gasteiger partial charge in [0, 0.05) is 32.7 Å². The van der Waals surface area contributed by atoms with E-state index in [4.69, 9.17) is 10.00 Å². The van der Waals surface area contributed by atoms with Gasteiger partial charge in [-0.05, 0) is 48.1 Å². The van der Waals surface area contributed by atoms with Crippen molar-refractivity contribution in [3.63, 3.8) is 0 Å². The van der Waals surface area contributed by atoms with Gasteiger partial charge in [0.1, 0.15) is 18.5 Å². The summed E-state index contributed by atoms with van der Waals surface area (Å²) >= 11 is 0. The van der Waals surface area contributed by atoms with E-state index in [2.05, 4.69) is 11.0 Å². The number of ether oxygens (including phenoxy) is 1. The number of piperidine rings is 2. The first kappa shape index (κ1) is 22.7. The van der Waals surface area contributed by atoms with Crippen LogP contribution in [0.2, 0.25) is 0 Å². The summed E-state index contributed by atoms with van der Waals surface area (Å²) in [7, 11) is -3.34. The summed E-state index contributed by atoms with van der Waals surface area (Å²) in [5.41, 5.74) is 1.38. The lowest BCUT2D eigenvalue weighted by Gasteiger charge is -2.45. The average molecular weight is 456 g/mol. The first-order valence-corrected chi connectivity index (χ1v) is 12.6. The number of fused-ring (bicyclic) bond motifs is 2. The minimum absolute atomic E-state index is 0.0440. The highest BCUT2D eigenvalue weighted by Crippen LogP contribution is 2.31. The lowest BCUT2D eigenvalue weighted by molar-refractivity contribution is 0.0168. The van der Waals surface area contributed by atoms with Crippen molar-refractivity contribution >= 4 is 10.0 Å². The largest absolute Gasteiger partial charge is 0.491 e. The predicted molar refractivity (Wildman–Crippen MR) is 121 cm³/mol. The number of nitrogens with zero attached hydrogens (tertiary/aromatic N) is 3. The van der Waals surface area contributed by atoms with Crippen molar-refractivity contribution in [2.75, 3.05) is 39.3 Å². The summed E-state index contributed by atoms with van der Waals surface area (Å²) in [5, 5.41) is 19.3. The molecule has 2 bridgehead atoms. The molecular formula is C24H29N3O4S. The molecular weight excluding hydrogens is 426 g/mol. The Morgan fingerprint density at radius 2 is 1.69 bits per heavy atom.